The van der Waals surface area contributed by atoms with Crippen molar-refractivity contribution in [1.82, 2.24) is 15.0 Å². The van der Waals surface area contributed by atoms with Gasteiger partial charge in [-0.25, -0.2) is 9.78 Å². The second-order valence-electron chi connectivity index (χ2n) is 8.88. The summed E-state index contributed by atoms with van der Waals surface area (Å²) in [5.74, 6) is 1.21. The molecule has 0 radical (unpaired) electrons. The molecule has 5 rings (SSSR count). The van der Waals surface area contributed by atoms with Crippen LogP contribution in [0.1, 0.15) is 44.9 Å². The van der Waals surface area contributed by atoms with E-state index in [0.717, 1.165) is 42.0 Å². The molecule has 0 spiro atoms. The van der Waals surface area contributed by atoms with Gasteiger partial charge in [-0.1, -0.05) is 0 Å². The number of aryl methyl sites for hydroxylation is 1. The van der Waals surface area contributed by atoms with Crippen LogP contribution in [0.2, 0.25) is 0 Å². The van der Waals surface area contributed by atoms with Gasteiger partial charge in [0.25, 0.3) is 0 Å². The standard InChI is InChI=1S/C26H27N5O5/c1-35-21-9-7-17(12-22(21)36-2)28-24-18-4-3-5-19(18)29-26(30-24)31-11-10-16(14-31)23(32)20-8-6-15(13-27-20)25(33)34/h6-9,12-13,16H,3-5,10-11,14H2,1-2H3,(H,33,34)(H,28,29,30). The number of carboxylic acid groups (broad SMARTS) is 1. The highest BCUT2D eigenvalue weighted by Crippen LogP contribution is 2.35. The molecule has 1 fully saturated rings. The van der Waals surface area contributed by atoms with Crippen LogP contribution in [-0.2, 0) is 12.8 Å². The van der Waals surface area contributed by atoms with Crippen LogP contribution < -0.4 is 19.7 Å². The minimum Gasteiger partial charge on any atom is -0.493 e. The van der Waals surface area contributed by atoms with Crippen LogP contribution in [0, 0.1) is 5.92 Å². The first-order valence-corrected chi connectivity index (χ1v) is 11.8. The zero-order valence-electron chi connectivity index (χ0n) is 20.2. The molecule has 1 unspecified atom stereocenters. The third kappa shape index (κ3) is 4.53. The summed E-state index contributed by atoms with van der Waals surface area (Å²) in [7, 11) is 3.20. The van der Waals surface area contributed by atoms with E-state index in [2.05, 4.69) is 10.3 Å². The second kappa shape index (κ2) is 9.80. The molecule has 1 aromatic carbocycles. The lowest BCUT2D eigenvalue weighted by Gasteiger charge is -2.19. The molecule has 1 aliphatic heterocycles. The number of hydrogen-bond donors (Lipinski definition) is 2. The summed E-state index contributed by atoms with van der Waals surface area (Å²) < 4.78 is 10.8. The minimum atomic E-state index is -1.07. The van der Waals surface area contributed by atoms with Gasteiger partial charge >= 0.3 is 5.97 Å². The molecule has 2 aliphatic rings. The first-order chi connectivity index (χ1) is 17.5. The number of benzene rings is 1. The van der Waals surface area contributed by atoms with Crippen molar-refractivity contribution >= 4 is 29.2 Å². The monoisotopic (exact) mass is 489 g/mol. The summed E-state index contributed by atoms with van der Waals surface area (Å²) in [6.45, 7) is 1.13. The van der Waals surface area contributed by atoms with E-state index in [9.17, 15) is 9.59 Å². The first kappa shape index (κ1) is 23.5. The maximum Gasteiger partial charge on any atom is 0.337 e. The van der Waals surface area contributed by atoms with Crippen molar-refractivity contribution in [3.63, 3.8) is 0 Å². The first-order valence-electron chi connectivity index (χ1n) is 11.8. The second-order valence-corrected chi connectivity index (χ2v) is 8.88. The molecule has 36 heavy (non-hydrogen) atoms. The maximum atomic E-state index is 13.0. The average molecular weight is 490 g/mol. The topological polar surface area (TPSA) is 127 Å². The van der Waals surface area contributed by atoms with Crippen LogP contribution in [-0.4, -0.2) is 59.1 Å². The number of carbonyl (C=O) groups is 2. The Balaban J connectivity index is 1.36. The molecule has 2 N–H and O–H groups in total. The Morgan fingerprint density at radius 3 is 2.64 bits per heavy atom. The molecule has 1 atom stereocenters. The number of aromatic nitrogens is 3. The number of ketones is 1. The molecule has 0 amide bonds. The minimum absolute atomic E-state index is 0.0562. The number of rotatable bonds is 8. The van der Waals surface area contributed by atoms with Crippen molar-refractivity contribution < 1.29 is 24.2 Å². The van der Waals surface area contributed by atoms with Crippen LogP contribution >= 0.6 is 0 Å². The molecule has 0 saturated carbocycles. The van der Waals surface area contributed by atoms with E-state index in [4.69, 9.17) is 24.5 Å². The molecule has 2 aromatic heterocycles. The van der Waals surface area contributed by atoms with E-state index < -0.39 is 5.97 Å². The van der Waals surface area contributed by atoms with E-state index in [0.29, 0.717) is 37.0 Å². The lowest BCUT2D eigenvalue weighted by molar-refractivity contribution is 0.0695. The fourth-order valence-corrected chi connectivity index (χ4v) is 4.75. The van der Waals surface area contributed by atoms with Gasteiger partial charge in [0.2, 0.25) is 5.95 Å². The van der Waals surface area contributed by atoms with E-state index in [1.54, 1.807) is 14.2 Å². The summed E-state index contributed by atoms with van der Waals surface area (Å²) in [6, 6.07) is 8.51. The van der Waals surface area contributed by atoms with Gasteiger partial charge in [0.05, 0.1) is 25.5 Å². The van der Waals surface area contributed by atoms with Crippen molar-refractivity contribution in [3.8, 4) is 11.5 Å². The Hall–Kier alpha value is -4.21. The number of Topliss-reactive ketones (excluding diaryl/α,β-unsaturated/α-hetero) is 1. The van der Waals surface area contributed by atoms with Crippen LogP contribution in [0.15, 0.2) is 36.5 Å². The molecule has 1 aliphatic carbocycles. The van der Waals surface area contributed by atoms with Gasteiger partial charge in [-0.05, 0) is 49.9 Å². The largest absolute Gasteiger partial charge is 0.493 e. The summed E-state index contributed by atoms with van der Waals surface area (Å²) in [4.78, 5) is 39.9. The Labute approximate surface area is 208 Å². The van der Waals surface area contributed by atoms with Crippen LogP contribution in [0.3, 0.4) is 0 Å². The number of nitrogens with one attached hydrogen (secondary N) is 1. The maximum absolute atomic E-state index is 13.0. The van der Waals surface area contributed by atoms with Gasteiger partial charge in [-0.2, -0.15) is 4.98 Å². The summed E-state index contributed by atoms with van der Waals surface area (Å²) in [6.07, 6.45) is 4.69. The SMILES string of the molecule is COc1ccc(Nc2nc(N3CCC(C(=O)c4ccc(C(=O)O)cn4)C3)nc3c2CCC3)cc1OC. The number of carbonyl (C=O) groups excluding carboxylic acids is 1. The normalized spacial score (nSPS) is 16.5. The Morgan fingerprint density at radius 2 is 1.92 bits per heavy atom. The van der Waals surface area contributed by atoms with Crippen LogP contribution in [0.5, 0.6) is 11.5 Å². The van der Waals surface area contributed by atoms with Crippen molar-refractivity contribution in [1.29, 1.82) is 0 Å². The van der Waals surface area contributed by atoms with Crippen molar-refractivity contribution in [2.24, 2.45) is 5.92 Å². The van der Waals surface area contributed by atoms with Gasteiger partial charge in [-0.3, -0.25) is 9.78 Å². The van der Waals surface area contributed by atoms with E-state index in [1.165, 1.54) is 18.3 Å². The molecule has 1 saturated heterocycles. The predicted molar refractivity (Wildman–Crippen MR) is 133 cm³/mol. The Kier molecular flexibility index (Phi) is 6.41. The van der Waals surface area contributed by atoms with Gasteiger partial charge in [0.15, 0.2) is 17.3 Å². The molecule has 0 bridgehead atoms. The number of ether oxygens (including phenoxy) is 2. The number of aromatic carboxylic acids is 1. The highest BCUT2D eigenvalue weighted by atomic mass is 16.5. The highest BCUT2D eigenvalue weighted by molar-refractivity contribution is 5.97. The molecule has 10 nitrogen and oxygen atoms in total. The molecule has 3 heterocycles. The highest BCUT2D eigenvalue weighted by Gasteiger charge is 2.32. The molecular formula is C26H27N5O5. The summed E-state index contributed by atoms with van der Waals surface area (Å²) >= 11 is 0. The summed E-state index contributed by atoms with van der Waals surface area (Å²) in [5, 5.41) is 12.5. The number of nitrogens with zero attached hydrogens (tertiary/aromatic N) is 4. The fourth-order valence-electron chi connectivity index (χ4n) is 4.75. The lowest BCUT2D eigenvalue weighted by Crippen LogP contribution is -2.25. The summed E-state index contributed by atoms with van der Waals surface area (Å²) in [5.41, 5.74) is 3.31. The number of hydrogen-bond acceptors (Lipinski definition) is 9. The number of anilines is 3. The zero-order chi connectivity index (χ0) is 25.2. The van der Waals surface area contributed by atoms with E-state index >= 15 is 0 Å². The fraction of sp³-hybridized carbons (Fsp3) is 0.346. The third-order valence-electron chi connectivity index (χ3n) is 6.67. The van der Waals surface area contributed by atoms with Crippen molar-refractivity contribution in [2.45, 2.75) is 25.7 Å². The van der Waals surface area contributed by atoms with Crippen LogP contribution in [0.4, 0.5) is 17.5 Å². The lowest BCUT2D eigenvalue weighted by atomic mass is 10.0. The number of carboxylic acids is 1. The molecule has 186 valence electrons. The average Bonchev–Trinajstić information content (AvgIpc) is 3.58. The smallest absolute Gasteiger partial charge is 0.337 e. The van der Waals surface area contributed by atoms with E-state index in [-0.39, 0.29) is 23.0 Å². The van der Waals surface area contributed by atoms with Gasteiger partial charge in [0, 0.05) is 42.5 Å². The number of pyridine rings is 1. The molecular weight excluding hydrogens is 462 g/mol. The number of fused-ring (bicyclic) bond motifs is 1. The Morgan fingerprint density at radius 1 is 1.08 bits per heavy atom. The quantitative estimate of drug-likeness (QED) is 0.454. The Bertz CT molecular complexity index is 1310. The molecule has 10 heteroatoms. The predicted octanol–water partition coefficient (Wildman–Crippen LogP) is 3.53. The van der Waals surface area contributed by atoms with Crippen molar-refractivity contribution in [3.05, 3.63) is 59.0 Å². The zero-order valence-corrected chi connectivity index (χ0v) is 20.2. The van der Waals surface area contributed by atoms with Crippen molar-refractivity contribution in [2.75, 3.05) is 37.5 Å². The number of methoxy groups -OCH3 is 2. The van der Waals surface area contributed by atoms with Gasteiger partial charge in [0.1, 0.15) is 11.5 Å². The third-order valence-corrected chi connectivity index (χ3v) is 6.67. The van der Waals surface area contributed by atoms with Crippen LogP contribution in [0.25, 0.3) is 0 Å². The van der Waals surface area contributed by atoms with E-state index in [1.807, 2.05) is 23.1 Å². The molecule has 3 aromatic rings. The van der Waals surface area contributed by atoms with Gasteiger partial charge < -0.3 is 24.8 Å². The van der Waals surface area contributed by atoms with Gasteiger partial charge in [-0.15, -0.1) is 0 Å².